The number of ether oxygens (including phenoxy) is 2. The molecule has 4 rings (SSSR count). The van der Waals surface area contributed by atoms with Crippen LogP contribution >= 0.6 is 35.0 Å². The molecule has 1 aromatic heterocycles. The van der Waals surface area contributed by atoms with Gasteiger partial charge in [0, 0.05) is 27.9 Å². The van der Waals surface area contributed by atoms with Crippen molar-refractivity contribution in [2.75, 3.05) is 7.11 Å². The molecule has 178 valence electrons. The summed E-state index contributed by atoms with van der Waals surface area (Å²) >= 11 is 13.1. The predicted octanol–water partition coefficient (Wildman–Crippen LogP) is 6.33. The van der Waals surface area contributed by atoms with Gasteiger partial charge in [0.25, 0.3) is 17.0 Å². The highest BCUT2D eigenvalue weighted by molar-refractivity contribution is 8.18. The van der Waals surface area contributed by atoms with Crippen LogP contribution in [0.1, 0.15) is 11.1 Å². The van der Waals surface area contributed by atoms with Gasteiger partial charge < -0.3 is 9.47 Å². The van der Waals surface area contributed by atoms with Gasteiger partial charge in [-0.25, -0.2) is 4.98 Å². The van der Waals surface area contributed by atoms with E-state index in [0.29, 0.717) is 21.2 Å². The van der Waals surface area contributed by atoms with Gasteiger partial charge in [-0.1, -0.05) is 35.3 Å². The normalized spacial score (nSPS) is 14.5. The summed E-state index contributed by atoms with van der Waals surface area (Å²) in [7, 11) is 1.40. The molecule has 2 heterocycles. The van der Waals surface area contributed by atoms with Gasteiger partial charge in [-0.15, -0.1) is 0 Å². The monoisotopic (exact) mass is 531 g/mol. The molecule has 0 atom stereocenters. The lowest BCUT2D eigenvalue weighted by Crippen LogP contribution is -2.27. The first-order valence-electron chi connectivity index (χ1n) is 9.92. The maximum atomic E-state index is 12.9. The summed E-state index contributed by atoms with van der Waals surface area (Å²) in [4.78, 5) is 41.2. The van der Waals surface area contributed by atoms with Crippen molar-refractivity contribution in [2.45, 2.75) is 6.54 Å². The topological polar surface area (TPSA) is 112 Å². The van der Waals surface area contributed by atoms with Crippen molar-refractivity contribution in [1.29, 1.82) is 0 Å². The third-order valence-electron chi connectivity index (χ3n) is 4.89. The van der Waals surface area contributed by atoms with Crippen molar-refractivity contribution >= 4 is 57.9 Å². The van der Waals surface area contributed by atoms with Crippen molar-refractivity contribution in [3.8, 4) is 17.4 Å². The van der Waals surface area contributed by atoms with Crippen LogP contribution < -0.4 is 9.47 Å². The summed E-state index contributed by atoms with van der Waals surface area (Å²) < 4.78 is 11.0. The second-order valence-corrected chi connectivity index (χ2v) is 8.87. The standard InChI is InChI=1S/C23H15Cl2N3O6S/c1-33-19-10-13(7-8-18(19)34-21-17(28(31)32)6-3-9-26-21)11-20-22(29)27(23(30)35-20)12-14-15(24)4-2-5-16(14)25/h2-11H,12H2,1H3/b20-11-. The summed E-state index contributed by atoms with van der Waals surface area (Å²) in [6, 6.07) is 12.4. The van der Waals surface area contributed by atoms with Gasteiger partial charge in [-0.05, 0) is 53.7 Å². The number of nitrogens with zero attached hydrogens (tertiary/aromatic N) is 3. The number of pyridine rings is 1. The van der Waals surface area contributed by atoms with Gasteiger partial charge in [0.1, 0.15) is 0 Å². The number of carbonyl (C=O) groups is 2. The molecule has 9 nitrogen and oxygen atoms in total. The fraction of sp³-hybridized carbons (Fsp3) is 0.0870. The van der Waals surface area contributed by atoms with E-state index in [1.165, 1.54) is 37.6 Å². The molecule has 1 fully saturated rings. The van der Waals surface area contributed by atoms with Gasteiger partial charge in [0.15, 0.2) is 11.5 Å². The zero-order valence-corrected chi connectivity index (χ0v) is 20.3. The first-order chi connectivity index (χ1) is 16.8. The Morgan fingerprint density at radius 1 is 1.11 bits per heavy atom. The van der Waals surface area contributed by atoms with Crippen molar-refractivity contribution in [1.82, 2.24) is 9.88 Å². The van der Waals surface area contributed by atoms with Gasteiger partial charge >= 0.3 is 5.69 Å². The van der Waals surface area contributed by atoms with Gasteiger partial charge in [-0.2, -0.15) is 0 Å². The Hall–Kier alpha value is -3.60. The minimum atomic E-state index is -0.602. The van der Waals surface area contributed by atoms with Crippen LogP contribution in [0.3, 0.4) is 0 Å². The first kappa shape index (κ1) is 24.5. The molecule has 1 saturated heterocycles. The Labute approximate surface area is 213 Å². The Bertz CT molecular complexity index is 1360. The second kappa shape index (κ2) is 10.3. The van der Waals surface area contributed by atoms with Crippen LogP contribution in [-0.4, -0.2) is 33.1 Å². The quantitative estimate of drug-likeness (QED) is 0.197. The molecule has 0 spiro atoms. The molecule has 1 aliphatic rings. The summed E-state index contributed by atoms with van der Waals surface area (Å²) in [6.07, 6.45) is 2.91. The van der Waals surface area contributed by atoms with E-state index in [1.807, 2.05) is 0 Å². The summed E-state index contributed by atoms with van der Waals surface area (Å²) in [5, 5.41) is 11.5. The van der Waals surface area contributed by atoms with Crippen molar-refractivity contribution in [3.63, 3.8) is 0 Å². The minimum Gasteiger partial charge on any atom is -0.493 e. The molecule has 0 aliphatic carbocycles. The van der Waals surface area contributed by atoms with Crippen molar-refractivity contribution in [2.24, 2.45) is 0 Å². The number of aromatic nitrogens is 1. The van der Waals surface area contributed by atoms with E-state index in [-0.39, 0.29) is 34.5 Å². The third kappa shape index (κ3) is 5.24. The molecule has 0 radical (unpaired) electrons. The number of benzene rings is 2. The number of rotatable bonds is 7. The second-order valence-electron chi connectivity index (χ2n) is 7.07. The Morgan fingerprint density at radius 3 is 2.54 bits per heavy atom. The third-order valence-corrected chi connectivity index (χ3v) is 6.51. The number of nitro groups is 1. The molecule has 12 heteroatoms. The summed E-state index contributed by atoms with van der Waals surface area (Å²) in [5.41, 5.74) is 0.725. The smallest absolute Gasteiger partial charge is 0.331 e. The van der Waals surface area contributed by atoms with Crippen molar-refractivity contribution < 1.29 is 24.0 Å². The number of hydrogen-bond acceptors (Lipinski definition) is 8. The van der Waals surface area contributed by atoms with Gasteiger partial charge in [-0.3, -0.25) is 24.6 Å². The average molecular weight is 532 g/mol. The lowest BCUT2D eigenvalue weighted by Gasteiger charge is -2.14. The molecule has 0 unspecified atom stereocenters. The van der Waals surface area contributed by atoms with Crippen LogP contribution in [0, 0.1) is 10.1 Å². The van der Waals surface area contributed by atoms with Gasteiger partial charge in [0.05, 0.1) is 23.5 Å². The van der Waals surface area contributed by atoms with Gasteiger partial charge in [0.2, 0.25) is 0 Å². The zero-order chi connectivity index (χ0) is 25.1. The minimum absolute atomic E-state index is 0.0561. The largest absolute Gasteiger partial charge is 0.493 e. The number of thioether (sulfide) groups is 1. The lowest BCUT2D eigenvalue weighted by atomic mass is 10.1. The summed E-state index contributed by atoms with van der Waals surface area (Å²) in [6.45, 7) is -0.0561. The fourth-order valence-electron chi connectivity index (χ4n) is 3.19. The maximum Gasteiger partial charge on any atom is 0.331 e. The molecule has 0 saturated carbocycles. The molecule has 0 bridgehead atoms. The Balaban J connectivity index is 1.58. The number of halogens is 2. The molecular weight excluding hydrogens is 517 g/mol. The number of carbonyl (C=O) groups excluding carboxylic acids is 2. The Kier molecular flexibility index (Phi) is 7.25. The summed E-state index contributed by atoms with van der Waals surface area (Å²) in [5.74, 6) is -0.240. The number of hydrogen-bond donors (Lipinski definition) is 0. The predicted molar refractivity (Wildman–Crippen MR) is 132 cm³/mol. The number of imide groups is 1. The van der Waals surface area contributed by atoms with Crippen molar-refractivity contribution in [3.05, 3.63) is 90.9 Å². The van der Waals surface area contributed by atoms with E-state index < -0.39 is 16.1 Å². The molecule has 3 aromatic rings. The molecule has 2 aromatic carbocycles. The highest BCUT2D eigenvalue weighted by atomic mass is 35.5. The highest BCUT2D eigenvalue weighted by Gasteiger charge is 2.35. The van der Waals surface area contributed by atoms with E-state index in [9.17, 15) is 19.7 Å². The Morgan fingerprint density at radius 2 is 1.86 bits per heavy atom. The first-order valence-corrected chi connectivity index (χ1v) is 11.5. The van der Waals surface area contributed by atoms with E-state index in [1.54, 1.807) is 30.3 Å². The molecule has 35 heavy (non-hydrogen) atoms. The van der Waals surface area contributed by atoms with Crippen LogP contribution in [0.2, 0.25) is 10.0 Å². The number of amides is 2. The van der Waals surface area contributed by atoms with Crippen LogP contribution in [0.15, 0.2) is 59.6 Å². The molecular formula is C23H15Cl2N3O6S. The van der Waals surface area contributed by atoms with Crippen LogP contribution in [0.4, 0.5) is 10.5 Å². The van der Waals surface area contributed by atoms with E-state index in [0.717, 1.165) is 16.7 Å². The van der Waals surface area contributed by atoms with Crippen LogP contribution in [0.25, 0.3) is 6.08 Å². The van der Waals surface area contributed by atoms with Crippen LogP contribution in [0.5, 0.6) is 17.4 Å². The lowest BCUT2D eigenvalue weighted by molar-refractivity contribution is -0.386. The zero-order valence-electron chi connectivity index (χ0n) is 17.9. The fourth-order valence-corrected chi connectivity index (χ4v) is 4.55. The van der Waals surface area contributed by atoms with E-state index in [4.69, 9.17) is 32.7 Å². The molecule has 2 amide bonds. The van der Waals surface area contributed by atoms with E-state index in [2.05, 4.69) is 4.98 Å². The number of methoxy groups -OCH3 is 1. The molecule has 1 aliphatic heterocycles. The highest BCUT2D eigenvalue weighted by Crippen LogP contribution is 2.38. The molecule has 0 N–H and O–H groups in total. The average Bonchev–Trinajstić information content (AvgIpc) is 3.09. The maximum absolute atomic E-state index is 12.9. The van der Waals surface area contributed by atoms with Crippen LogP contribution in [-0.2, 0) is 11.3 Å². The van der Waals surface area contributed by atoms with E-state index >= 15 is 0 Å². The SMILES string of the molecule is COc1cc(/C=C2\SC(=O)N(Cc3c(Cl)cccc3Cl)C2=O)ccc1Oc1ncccc1[N+](=O)[O-].